The van der Waals surface area contributed by atoms with Crippen molar-refractivity contribution in [3.63, 3.8) is 0 Å². The van der Waals surface area contributed by atoms with Gasteiger partial charge in [-0.15, -0.1) is 0 Å². The molecule has 0 bridgehead atoms. The van der Waals surface area contributed by atoms with Gasteiger partial charge in [-0.05, 0) is 44.5 Å². The zero-order valence-electron chi connectivity index (χ0n) is 15.0. The minimum Gasteiger partial charge on any atom is -0.328 e. The molecular formula is C20H23FN4O. The van der Waals surface area contributed by atoms with Crippen LogP contribution in [0.25, 0.3) is 0 Å². The molecule has 0 aliphatic carbocycles. The third-order valence-electron chi connectivity index (χ3n) is 5.28. The number of benzene rings is 1. The number of hydrogen-bond acceptors (Lipinski definition) is 4. The third kappa shape index (κ3) is 3.33. The van der Waals surface area contributed by atoms with Crippen LogP contribution in [-0.4, -0.2) is 45.8 Å². The Labute approximate surface area is 152 Å². The molecule has 1 aromatic carbocycles. The first-order chi connectivity index (χ1) is 12.6. The molecule has 0 saturated carbocycles. The van der Waals surface area contributed by atoms with Crippen LogP contribution in [0.3, 0.4) is 0 Å². The van der Waals surface area contributed by atoms with Crippen LogP contribution in [0.15, 0.2) is 30.5 Å². The largest absolute Gasteiger partial charge is 0.328 e. The second-order valence-corrected chi connectivity index (χ2v) is 7.21. The topological polar surface area (TPSA) is 49.3 Å². The fraction of sp³-hybridized carbons (Fsp3) is 0.450. The first kappa shape index (κ1) is 17.1. The lowest BCUT2D eigenvalue weighted by molar-refractivity contribution is 0.0598. The number of carbonyl (C=O) groups excluding carboxylic acids is 1. The van der Waals surface area contributed by atoms with Crippen molar-refractivity contribution in [1.82, 2.24) is 19.8 Å². The summed E-state index contributed by atoms with van der Waals surface area (Å²) in [6.45, 7) is 2.51. The normalized spacial score (nSPS) is 20.7. The molecule has 2 aromatic rings. The van der Waals surface area contributed by atoms with E-state index in [0.29, 0.717) is 12.1 Å². The van der Waals surface area contributed by atoms with Gasteiger partial charge in [0, 0.05) is 49.1 Å². The summed E-state index contributed by atoms with van der Waals surface area (Å²) in [4.78, 5) is 26.4. The number of piperidine rings is 1. The van der Waals surface area contributed by atoms with Gasteiger partial charge in [-0.2, -0.15) is 0 Å². The van der Waals surface area contributed by atoms with Crippen molar-refractivity contribution >= 4 is 5.91 Å². The SMILES string of the molecule is CN1CCc2nc([C@@H]3CCCCN3C(=O)c3cccc(F)c3)ncc2C1. The van der Waals surface area contributed by atoms with E-state index in [4.69, 9.17) is 4.98 Å². The van der Waals surface area contributed by atoms with E-state index in [1.54, 1.807) is 12.1 Å². The maximum absolute atomic E-state index is 13.5. The van der Waals surface area contributed by atoms with Crippen LogP contribution in [0.2, 0.25) is 0 Å². The van der Waals surface area contributed by atoms with Gasteiger partial charge >= 0.3 is 0 Å². The van der Waals surface area contributed by atoms with Gasteiger partial charge in [0.05, 0.1) is 6.04 Å². The second kappa shape index (κ2) is 7.11. The summed E-state index contributed by atoms with van der Waals surface area (Å²) in [7, 11) is 2.09. The summed E-state index contributed by atoms with van der Waals surface area (Å²) in [5.74, 6) is 0.187. The zero-order valence-corrected chi connectivity index (χ0v) is 15.0. The molecule has 26 heavy (non-hydrogen) atoms. The molecule has 4 rings (SSSR count). The van der Waals surface area contributed by atoms with E-state index in [-0.39, 0.29) is 11.9 Å². The molecule has 2 aliphatic rings. The standard InChI is InChI=1S/C20H23FN4O/c1-24-10-8-17-15(13-24)12-22-19(23-17)18-7-2-3-9-25(18)20(26)14-5-4-6-16(21)11-14/h4-6,11-12,18H,2-3,7-10,13H2,1H3/t18-/m0/s1. The quantitative estimate of drug-likeness (QED) is 0.832. The van der Waals surface area contributed by atoms with Gasteiger partial charge < -0.3 is 9.80 Å². The average Bonchev–Trinajstić information content (AvgIpc) is 2.67. The molecule has 1 atom stereocenters. The zero-order chi connectivity index (χ0) is 18.1. The first-order valence-electron chi connectivity index (χ1n) is 9.21. The van der Waals surface area contributed by atoms with Crippen LogP contribution in [0.4, 0.5) is 4.39 Å². The lowest BCUT2D eigenvalue weighted by Crippen LogP contribution is -2.39. The van der Waals surface area contributed by atoms with Gasteiger partial charge in [0.2, 0.25) is 0 Å². The highest BCUT2D eigenvalue weighted by molar-refractivity contribution is 5.94. The number of rotatable bonds is 2. The van der Waals surface area contributed by atoms with Crippen LogP contribution in [0.5, 0.6) is 0 Å². The predicted molar refractivity (Wildman–Crippen MR) is 96.1 cm³/mol. The summed E-state index contributed by atoms with van der Waals surface area (Å²) < 4.78 is 13.5. The molecular weight excluding hydrogens is 331 g/mol. The number of likely N-dealkylation sites (tertiary alicyclic amines) is 1. The summed E-state index contributed by atoms with van der Waals surface area (Å²) in [6, 6.07) is 5.77. The predicted octanol–water partition coefficient (Wildman–Crippen LogP) is 2.97. The Morgan fingerprint density at radius 2 is 2.15 bits per heavy atom. The van der Waals surface area contributed by atoms with Crippen LogP contribution >= 0.6 is 0 Å². The van der Waals surface area contributed by atoms with E-state index in [9.17, 15) is 9.18 Å². The molecule has 0 unspecified atom stereocenters. The smallest absolute Gasteiger partial charge is 0.254 e. The maximum Gasteiger partial charge on any atom is 0.254 e. The van der Waals surface area contributed by atoms with Crippen LogP contribution in [-0.2, 0) is 13.0 Å². The molecule has 136 valence electrons. The number of hydrogen-bond donors (Lipinski definition) is 0. The van der Waals surface area contributed by atoms with Crippen molar-refractivity contribution in [3.8, 4) is 0 Å². The van der Waals surface area contributed by atoms with Gasteiger partial charge in [0.25, 0.3) is 5.91 Å². The van der Waals surface area contributed by atoms with Crippen LogP contribution in [0, 0.1) is 5.82 Å². The Morgan fingerprint density at radius 3 is 3.00 bits per heavy atom. The number of amides is 1. The van der Waals surface area contributed by atoms with Crippen molar-refractivity contribution in [2.45, 2.75) is 38.3 Å². The van der Waals surface area contributed by atoms with E-state index in [2.05, 4.69) is 16.9 Å². The van der Waals surface area contributed by atoms with Crippen molar-refractivity contribution in [3.05, 3.63) is 58.9 Å². The summed E-state index contributed by atoms with van der Waals surface area (Å²) in [6.07, 6.45) is 5.66. The highest BCUT2D eigenvalue weighted by Gasteiger charge is 2.31. The fourth-order valence-corrected chi connectivity index (χ4v) is 3.86. The second-order valence-electron chi connectivity index (χ2n) is 7.21. The minimum absolute atomic E-state index is 0.135. The Balaban J connectivity index is 1.63. The minimum atomic E-state index is -0.390. The summed E-state index contributed by atoms with van der Waals surface area (Å²) >= 11 is 0. The van der Waals surface area contributed by atoms with E-state index in [0.717, 1.165) is 50.3 Å². The molecule has 0 radical (unpaired) electrons. The number of fused-ring (bicyclic) bond motifs is 1. The molecule has 1 fully saturated rings. The molecule has 0 N–H and O–H groups in total. The Hall–Kier alpha value is -2.34. The van der Waals surface area contributed by atoms with Crippen molar-refractivity contribution in [2.24, 2.45) is 0 Å². The molecule has 5 nitrogen and oxygen atoms in total. The Kier molecular flexibility index (Phi) is 4.68. The molecule has 3 heterocycles. The highest BCUT2D eigenvalue weighted by atomic mass is 19.1. The first-order valence-corrected chi connectivity index (χ1v) is 9.21. The molecule has 1 amide bonds. The molecule has 1 aromatic heterocycles. The van der Waals surface area contributed by atoms with Crippen LogP contribution in [0.1, 0.15) is 52.7 Å². The monoisotopic (exact) mass is 354 g/mol. The van der Waals surface area contributed by atoms with Gasteiger partial charge in [-0.3, -0.25) is 4.79 Å². The van der Waals surface area contributed by atoms with Gasteiger partial charge in [0.15, 0.2) is 5.82 Å². The third-order valence-corrected chi connectivity index (χ3v) is 5.28. The Morgan fingerprint density at radius 1 is 1.27 bits per heavy atom. The van der Waals surface area contributed by atoms with E-state index >= 15 is 0 Å². The molecule has 1 saturated heterocycles. The Bertz CT molecular complexity index is 825. The van der Waals surface area contributed by atoms with Gasteiger partial charge in [0.1, 0.15) is 5.82 Å². The maximum atomic E-state index is 13.5. The van der Waals surface area contributed by atoms with Crippen LogP contribution < -0.4 is 0 Å². The lowest BCUT2D eigenvalue weighted by atomic mass is 9.99. The number of nitrogens with zero attached hydrogens (tertiary/aromatic N) is 4. The highest BCUT2D eigenvalue weighted by Crippen LogP contribution is 2.31. The molecule has 0 spiro atoms. The number of halogens is 1. The summed E-state index contributed by atoms with van der Waals surface area (Å²) in [5.41, 5.74) is 2.65. The van der Waals surface area contributed by atoms with Gasteiger partial charge in [-0.25, -0.2) is 14.4 Å². The van der Waals surface area contributed by atoms with Crippen molar-refractivity contribution < 1.29 is 9.18 Å². The molecule has 6 heteroatoms. The van der Waals surface area contributed by atoms with E-state index in [1.165, 1.54) is 17.7 Å². The number of carbonyl (C=O) groups is 1. The fourth-order valence-electron chi connectivity index (χ4n) is 3.86. The molecule has 2 aliphatic heterocycles. The van der Waals surface area contributed by atoms with Crippen molar-refractivity contribution in [1.29, 1.82) is 0 Å². The number of aromatic nitrogens is 2. The van der Waals surface area contributed by atoms with Gasteiger partial charge in [-0.1, -0.05) is 6.07 Å². The van der Waals surface area contributed by atoms with E-state index in [1.807, 2.05) is 11.1 Å². The average molecular weight is 354 g/mol. The lowest BCUT2D eigenvalue weighted by Gasteiger charge is -2.35. The van der Waals surface area contributed by atoms with Crippen molar-refractivity contribution in [2.75, 3.05) is 20.1 Å². The number of likely N-dealkylation sites (N-methyl/N-ethyl adjacent to an activating group) is 1. The summed E-state index contributed by atoms with van der Waals surface area (Å²) in [5, 5.41) is 0. The van der Waals surface area contributed by atoms with E-state index < -0.39 is 5.82 Å².